The molecule has 196 valence electrons. The standard InChI is InChI=1S/C25H54N6O2/c1-2-3-4-5-6-7-15-24(32)30-21-9-8-14-23(27)25(33)31-22-13-20-29-18-11-10-17-28-19-12-16-26/h23,28-29H,2-22,26-27H2,1H3,(H,30,32)(H,31,33)/t23-/m0/s1. The number of hydrogen-bond donors (Lipinski definition) is 6. The number of carbonyl (C=O) groups is 2. The second-order valence-corrected chi connectivity index (χ2v) is 8.96. The monoisotopic (exact) mass is 470 g/mol. The molecule has 8 heteroatoms. The summed E-state index contributed by atoms with van der Waals surface area (Å²) in [5, 5.41) is 12.7. The molecule has 0 aliphatic heterocycles. The van der Waals surface area contributed by atoms with Gasteiger partial charge in [-0.2, -0.15) is 0 Å². The van der Waals surface area contributed by atoms with Crippen molar-refractivity contribution in [2.45, 2.75) is 103 Å². The van der Waals surface area contributed by atoms with Crippen LogP contribution < -0.4 is 32.7 Å². The first kappa shape index (κ1) is 31.8. The molecular weight excluding hydrogens is 416 g/mol. The molecule has 0 aliphatic carbocycles. The fourth-order valence-corrected chi connectivity index (χ4v) is 3.54. The summed E-state index contributed by atoms with van der Waals surface area (Å²) in [7, 11) is 0. The van der Waals surface area contributed by atoms with Gasteiger partial charge < -0.3 is 32.7 Å². The molecular formula is C25H54N6O2. The Morgan fingerprint density at radius 1 is 0.667 bits per heavy atom. The number of nitrogens with one attached hydrogen (secondary N) is 4. The van der Waals surface area contributed by atoms with Crippen LogP contribution in [0.4, 0.5) is 0 Å². The maximum atomic E-state index is 12.1. The van der Waals surface area contributed by atoms with Crippen LogP contribution in [0.15, 0.2) is 0 Å². The van der Waals surface area contributed by atoms with Crippen molar-refractivity contribution in [3.05, 3.63) is 0 Å². The Labute approximate surface area is 203 Å². The Bertz CT molecular complexity index is 451. The van der Waals surface area contributed by atoms with Gasteiger partial charge in [0, 0.05) is 19.5 Å². The maximum absolute atomic E-state index is 12.1. The SMILES string of the molecule is CCCCCCCCC(=O)NCCCC[C@H](N)C(=O)NCCCNCCCCNCCCN. The topological polar surface area (TPSA) is 134 Å². The zero-order valence-corrected chi connectivity index (χ0v) is 21.4. The molecule has 33 heavy (non-hydrogen) atoms. The maximum Gasteiger partial charge on any atom is 0.236 e. The van der Waals surface area contributed by atoms with Crippen molar-refractivity contribution in [3.8, 4) is 0 Å². The van der Waals surface area contributed by atoms with Crippen molar-refractivity contribution in [2.24, 2.45) is 11.5 Å². The van der Waals surface area contributed by atoms with Crippen LogP contribution in [0.3, 0.4) is 0 Å². The van der Waals surface area contributed by atoms with Gasteiger partial charge in [0.05, 0.1) is 6.04 Å². The van der Waals surface area contributed by atoms with Crippen molar-refractivity contribution >= 4 is 11.8 Å². The quantitative estimate of drug-likeness (QED) is 0.113. The number of rotatable bonds is 25. The molecule has 0 heterocycles. The minimum absolute atomic E-state index is 0.0781. The van der Waals surface area contributed by atoms with Crippen LogP contribution in [0.1, 0.15) is 96.8 Å². The van der Waals surface area contributed by atoms with Gasteiger partial charge in [0.15, 0.2) is 0 Å². The molecule has 2 amide bonds. The largest absolute Gasteiger partial charge is 0.356 e. The molecule has 8 nitrogen and oxygen atoms in total. The van der Waals surface area contributed by atoms with Crippen LogP contribution in [0.5, 0.6) is 0 Å². The summed E-state index contributed by atoms with van der Waals surface area (Å²) in [5.74, 6) is 0.0611. The van der Waals surface area contributed by atoms with Crippen molar-refractivity contribution < 1.29 is 9.59 Å². The van der Waals surface area contributed by atoms with Gasteiger partial charge >= 0.3 is 0 Å². The van der Waals surface area contributed by atoms with Gasteiger partial charge in [-0.05, 0) is 84.1 Å². The lowest BCUT2D eigenvalue weighted by molar-refractivity contribution is -0.123. The fraction of sp³-hybridized carbons (Fsp3) is 0.920. The van der Waals surface area contributed by atoms with Crippen LogP contribution in [0, 0.1) is 0 Å². The normalized spacial score (nSPS) is 12.0. The molecule has 0 saturated heterocycles. The fourth-order valence-electron chi connectivity index (χ4n) is 3.54. The Balaban J connectivity index is 3.42. The van der Waals surface area contributed by atoms with E-state index in [9.17, 15) is 9.59 Å². The average Bonchev–Trinajstić information content (AvgIpc) is 2.81. The van der Waals surface area contributed by atoms with Gasteiger partial charge in [0.25, 0.3) is 0 Å². The lowest BCUT2D eigenvalue weighted by Crippen LogP contribution is -2.41. The molecule has 0 aromatic carbocycles. The number of carbonyl (C=O) groups excluding carboxylic acids is 2. The highest BCUT2D eigenvalue weighted by Gasteiger charge is 2.12. The van der Waals surface area contributed by atoms with Crippen LogP contribution in [-0.4, -0.2) is 63.7 Å². The zero-order chi connectivity index (χ0) is 24.4. The Morgan fingerprint density at radius 3 is 1.94 bits per heavy atom. The third-order valence-electron chi connectivity index (χ3n) is 5.70. The lowest BCUT2D eigenvalue weighted by atomic mass is 10.1. The summed E-state index contributed by atoms with van der Waals surface area (Å²) in [6.45, 7) is 8.21. The minimum Gasteiger partial charge on any atom is -0.356 e. The number of amides is 2. The minimum atomic E-state index is -0.469. The van der Waals surface area contributed by atoms with Crippen molar-refractivity contribution in [3.63, 3.8) is 0 Å². The van der Waals surface area contributed by atoms with Gasteiger partial charge in [0.1, 0.15) is 0 Å². The van der Waals surface area contributed by atoms with E-state index in [2.05, 4.69) is 28.2 Å². The molecule has 0 bridgehead atoms. The van der Waals surface area contributed by atoms with Crippen LogP contribution in [0.2, 0.25) is 0 Å². The third kappa shape index (κ3) is 23.7. The van der Waals surface area contributed by atoms with Gasteiger partial charge in [-0.15, -0.1) is 0 Å². The van der Waals surface area contributed by atoms with E-state index in [0.717, 1.165) is 84.1 Å². The molecule has 0 saturated carbocycles. The van der Waals surface area contributed by atoms with Crippen LogP contribution in [-0.2, 0) is 9.59 Å². The van der Waals surface area contributed by atoms with Gasteiger partial charge in [0.2, 0.25) is 11.8 Å². The third-order valence-corrected chi connectivity index (χ3v) is 5.70. The number of nitrogens with two attached hydrogens (primary N) is 2. The highest BCUT2D eigenvalue weighted by Crippen LogP contribution is 2.06. The first-order valence-electron chi connectivity index (χ1n) is 13.5. The summed E-state index contributed by atoms with van der Waals surface area (Å²) in [4.78, 5) is 23.9. The first-order chi connectivity index (χ1) is 16.1. The predicted octanol–water partition coefficient (Wildman–Crippen LogP) is 2.17. The highest BCUT2D eigenvalue weighted by molar-refractivity contribution is 5.81. The molecule has 0 unspecified atom stereocenters. The molecule has 0 rings (SSSR count). The molecule has 0 aromatic rings. The first-order valence-corrected chi connectivity index (χ1v) is 13.5. The second kappa shape index (κ2) is 25.4. The van der Waals surface area contributed by atoms with Crippen molar-refractivity contribution in [1.82, 2.24) is 21.3 Å². The van der Waals surface area contributed by atoms with Crippen molar-refractivity contribution in [2.75, 3.05) is 45.8 Å². The zero-order valence-electron chi connectivity index (χ0n) is 21.4. The van der Waals surface area contributed by atoms with Crippen molar-refractivity contribution in [1.29, 1.82) is 0 Å². The predicted molar refractivity (Wildman–Crippen MR) is 139 cm³/mol. The highest BCUT2D eigenvalue weighted by atomic mass is 16.2. The molecule has 8 N–H and O–H groups in total. The summed E-state index contributed by atoms with van der Waals surface area (Å²) >= 11 is 0. The Morgan fingerprint density at radius 2 is 1.24 bits per heavy atom. The van der Waals surface area contributed by atoms with E-state index in [1.165, 1.54) is 25.7 Å². The number of hydrogen-bond acceptors (Lipinski definition) is 6. The van der Waals surface area contributed by atoms with Crippen LogP contribution in [0.25, 0.3) is 0 Å². The smallest absolute Gasteiger partial charge is 0.236 e. The summed E-state index contributed by atoms with van der Waals surface area (Å²) in [6.07, 6.45) is 14.4. The molecule has 1 atom stereocenters. The van der Waals surface area contributed by atoms with E-state index >= 15 is 0 Å². The van der Waals surface area contributed by atoms with Gasteiger partial charge in [-0.25, -0.2) is 0 Å². The molecule has 0 spiro atoms. The molecule has 0 fully saturated rings. The lowest BCUT2D eigenvalue weighted by Gasteiger charge is -2.12. The summed E-state index contributed by atoms with van der Waals surface area (Å²) in [5.41, 5.74) is 11.4. The van der Waals surface area contributed by atoms with Crippen LogP contribution >= 0.6 is 0 Å². The summed E-state index contributed by atoms with van der Waals surface area (Å²) < 4.78 is 0. The van der Waals surface area contributed by atoms with E-state index < -0.39 is 6.04 Å². The van der Waals surface area contributed by atoms with Gasteiger partial charge in [-0.3, -0.25) is 9.59 Å². The molecule has 0 radical (unpaired) electrons. The van der Waals surface area contributed by atoms with E-state index in [1.807, 2.05) is 0 Å². The Hall–Kier alpha value is -1.22. The van der Waals surface area contributed by atoms with E-state index in [0.29, 0.717) is 25.9 Å². The summed E-state index contributed by atoms with van der Waals surface area (Å²) in [6, 6.07) is -0.469. The van der Waals surface area contributed by atoms with E-state index in [1.54, 1.807) is 0 Å². The average molecular weight is 471 g/mol. The number of unbranched alkanes of at least 4 members (excludes halogenated alkanes) is 7. The molecule has 0 aliphatic rings. The Kier molecular flexibility index (Phi) is 24.5. The van der Waals surface area contributed by atoms with Gasteiger partial charge in [-0.1, -0.05) is 39.0 Å². The second-order valence-electron chi connectivity index (χ2n) is 8.96. The van der Waals surface area contributed by atoms with E-state index in [4.69, 9.17) is 11.5 Å². The molecule has 0 aromatic heterocycles. The van der Waals surface area contributed by atoms with E-state index in [-0.39, 0.29) is 11.8 Å².